The van der Waals surface area contributed by atoms with Gasteiger partial charge in [0, 0.05) is 30.5 Å². The molecule has 0 aromatic heterocycles. The molecule has 0 fully saturated rings. The first-order chi connectivity index (χ1) is 8.58. The van der Waals surface area contributed by atoms with Crippen molar-refractivity contribution in [2.24, 2.45) is 5.73 Å². The normalized spacial score (nSPS) is 12.2. The van der Waals surface area contributed by atoms with Crippen molar-refractivity contribution in [2.45, 2.75) is 26.2 Å². The number of carbonyl (C=O) groups is 1. The minimum absolute atomic E-state index is 0.179. The van der Waals surface area contributed by atoms with Gasteiger partial charge in [0.15, 0.2) is 0 Å². The van der Waals surface area contributed by atoms with Crippen LogP contribution in [0, 0.1) is 0 Å². The lowest BCUT2D eigenvalue weighted by Crippen LogP contribution is -2.35. The van der Waals surface area contributed by atoms with Crippen LogP contribution in [0.4, 0.5) is 0 Å². The Labute approximate surface area is 117 Å². The molecule has 1 atom stereocenters. The molecule has 1 amide bonds. The van der Waals surface area contributed by atoms with Crippen LogP contribution in [-0.2, 0) is 4.79 Å². The Morgan fingerprint density at radius 1 is 1.39 bits per heavy atom. The van der Waals surface area contributed by atoms with E-state index in [1.807, 2.05) is 24.0 Å². The fraction of sp³-hybridized carbons (Fsp3) is 0.500. The van der Waals surface area contributed by atoms with Crippen LogP contribution in [-0.4, -0.2) is 30.4 Å². The number of nitrogens with two attached hydrogens (primary N) is 1. The number of hydrogen-bond donors (Lipinski definition) is 1. The predicted molar refractivity (Wildman–Crippen MR) is 78.5 cm³/mol. The topological polar surface area (TPSA) is 46.3 Å². The Kier molecular flexibility index (Phi) is 6.36. The van der Waals surface area contributed by atoms with Crippen LogP contribution in [0.2, 0.25) is 0 Å². The summed E-state index contributed by atoms with van der Waals surface area (Å²) in [6, 6.07) is 8.13. The molecule has 1 aromatic rings. The summed E-state index contributed by atoms with van der Waals surface area (Å²) in [7, 11) is 0. The highest BCUT2D eigenvalue weighted by Crippen LogP contribution is 2.22. The van der Waals surface area contributed by atoms with Crippen molar-refractivity contribution < 1.29 is 4.79 Å². The SMILES string of the molecule is CCN(CCN)C(=O)CC(C)c1ccc(Br)cc1. The number of nitrogens with zero attached hydrogens (tertiary/aromatic N) is 1. The molecule has 0 saturated carbocycles. The Morgan fingerprint density at radius 3 is 2.50 bits per heavy atom. The maximum Gasteiger partial charge on any atom is 0.223 e. The second kappa shape index (κ2) is 7.54. The number of benzene rings is 1. The van der Waals surface area contributed by atoms with E-state index in [1.165, 1.54) is 5.56 Å². The molecule has 4 heteroatoms. The summed E-state index contributed by atoms with van der Waals surface area (Å²) in [5, 5.41) is 0. The van der Waals surface area contributed by atoms with Crippen LogP contribution in [0.25, 0.3) is 0 Å². The molecule has 0 bridgehead atoms. The first-order valence-corrected chi connectivity index (χ1v) is 7.11. The van der Waals surface area contributed by atoms with Crippen molar-refractivity contribution in [3.63, 3.8) is 0 Å². The van der Waals surface area contributed by atoms with Gasteiger partial charge in [0.2, 0.25) is 5.91 Å². The van der Waals surface area contributed by atoms with Gasteiger partial charge in [0.1, 0.15) is 0 Å². The highest BCUT2D eigenvalue weighted by Gasteiger charge is 2.15. The van der Waals surface area contributed by atoms with Crippen LogP contribution in [0.1, 0.15) is 31.7 Å². The maximum absolute atomic E-state index is 12.1. The minimum Gasteiger partial charge on any atom is -0.342 e. The van der Waals surface area contributed by atoms with Gasteiger partial charge in [-0.2, -0.15) is 0 Å². The summed E-state index contributed by atoms with van der Waals surface area (Å²) in [6.45, 7) is 5.95. The smallest absolute Gasteiger partial charge is 0.223 e. The zero-order valence-corrected chi connectivity index (χ0v) is 12.6. The number of hydrogen-bond acceptors (Lipinski definition) is 2. The van der Waals surface area contributed by atoms with Gasteiger partial charge < -0.3 is 10.6 Å². The molecule has 0 heterocycles. The summed E-state index contributed by atoms with van der Waals surface area (Å²) >= 11 is 3.41. The summed E-state index contributed by atoms with van der Waals surface area (Å²) in [4.78, 5) is 13.9. The van der Waals surface area contributed by atoms with Crippen molar-refractivity contribution in [3.8, 4) is 0 Å². The average molecular weight is 313 g/mol. The van der Waals surface area contributed by atoms with Crippen LogP contribution >= 0.6 is 15.9 Å². The van der Waals surface area contributed by atoms with E-state index in [4.69, 9.17) is 5.73 Å². The third-order valence-corrected chi connectivity index (χ3v) is 3.58. The van der Waals surface area contributed by atoms with E-state index in [0.717, 1.165) is 11.0 Å². The van der Waals surface area contributed by atoms with Crippen molar-refractivity contribution in [1.82, 2.24) is 4.90 Å². The van der Waals surface area contributed by atoms with Crippen LogP contribution in [0.5, 0.6) is 0 Å². The van der Waals surface area contributed by atoms with E-state index in [0.29, 0.717) is 19.5 Å². The molecule has 100 valence electrons. The Balaban J connectivity index is 2.60. The molecule has 18 heavy (non-hydrogen) atoms. The molecule has 2 N–H and O–H groups in total. The van der Waals surface area contributed by atoms with Gasteiger partial charge in [-0.05, 0) is 30.5 Å². The zero-order valence-electron chi connectivity index (χ0n) is 11.0. The lowest BCUT2D eigenvalue weighted by molar-refractivity contribution is -0.131. The second-order valence-corrected chi connectivity index (χ2v) is 5.33. The fourth-order valence-electron chi connectivity index (χ4n) is 1.92. The minimum atomic E-state index is 0.179. The molecule has 1 aromatic carbocycles. The number of amides is 1. The van der Waals surface area contributed by atoms with Gasteiger partial charge in [-0.1, -0.05) is 35.0 Å². The van der Waals surface area contributed by atoms with Gasteiger partial charge in [-0.25, -0.2) is 0 Å². The van der Waals surface area contributed by atoms with Crippen LogP contribution < -0.4 is 5.73 Å². The highest BCUT2D eigenvalue weighted by molar-refractivity contribution is 9.10. The van der Waals surface area contributed by atoms with Gasteiger partial charge in [0.05, 0.1) is 0 Å². The number of likely N-dealkylation sites (N-methyl/N-ethyl adjacent to an activating group) is 1. The first-order valence-electron chi connectivity index (χ1n) is 6.31. The summed E-state index contributed by atoms with van der Waals surface area (Å²) in [5.74, 6) is 0.413. The fourth-order valence-corrected chi connectivity index (χ4v) is 2.18. The molecule has 0 aliphatic rings. The monoisotopic (exact) mass is 312 g/mol. The number of carbonyl (C=O) groups excluding carboxylic acids is 1. The second-order valence-electron chi connectivity index (χ2n) is 4.42. The van der Waals surface area contributed by atoms with Crippen molar-refractivity contribution >= 4 is 21.8 Å². The van der Waals surface area contributed by atoms with E-state index in [9.17, 15) is 4.79 Å². The van der Waals surface area contributed by atoms with Crippen molar-refractivity contribution in [3.05, 3.63) is 34.3 Å². The Bertz CT molecular complexity index is 378. The quantitative estimate of drug-likeness (QED) is 0.878. The molecule has 0 aliphatic carbocycles. The average Bonchev–Trinajstić information content (AvgIpc) is 2.36. The largest absolute Gasteiger partial charge is 0.342 e. The molecule has 0 aliphatic heterocycles. The summed E-state index contributed by atoms with van der Waals surface area (Å²) < 4.78 is 1.06. The van der Waals surface area contributed by atoms with E-state index in [2.05, 4.69) is 35.0 Å². The van der Waals surface area contributed by atoms with Crippen molar-refractivity contribution in [2.75, 3.05) is 19.6 Å². The standard InChI is InChI=1S/C14H21BrN2O/c1-3-17(9-8-16)14(18)10-11(2)12-4-6-13(15)7-5-12/h4-7,11H,3,8-10,16H2,1-2H3. The molecule has 0 spiro atoms. The van der Waals surface area contributed by atoms with Gasteiger partial charge in [0.25, 0.3) is 0 Å². The van der Waals surface area contributed by atoms with Crippen LogP contribution in [0.3, 0.4) is 0 Å². The zero-order chi connectivity index (χ0) is 13.5. The van der Waals surface area contributed by atoms with Gasteiger partial charge in [-0.3, -0.25) is 4.79 Å². The third-order valence-electron chi connectivity index (χ3n) is 3.05. The molecule has 3 nitrogen and oxygen atoms in total. The summed E-state index contributed by atoms with van der Waals surface area (Å²) in [6.07, 6.45) is 0.537. The number of halogens is 1. The molecule has 0 radical (unpaired) electrons. The van der Waals surface area contributed by atoms with E-state index in [1.54, 1.807) is 0 Å². The Morgan fingerprint density at radius 2 is 2.00 bits per heavy atom. The Hall–Kier alpha value is -0.870. The lowest BCUT2D eigenvalue weighted by Gasteiger charge is -2.22. The van der Waals surface area contributed by atoms with E-state index in [-0.39, 0.29) is 11.8 Å². The molecular weight excluding hydrogens is 292 g/mol. The highest BCUT2D eigenvalue weighted by atomic mass is 79.9. The number of rotatable bonds is 6. The van der Waals surface area contributed by atoms with Crippen LogP contribution in [0.15, 0.2) is 28.7 Å². The van der Waals surface area contributed by atoms with E-state index < -0.39 is 0 Å². The van der Waals surface area contributed by atoms with Crippen molar-refractivity contribution in [1.29, 1.82) is 0 Å². The summed E-state index contributed by atoms with van der Waals surface area (Å²) in [5.41, 5.74) is 6.69. The third kappa shape index (κ3) is 4.42. The molecular formula is C14H21BrN2O. The molecule has 1 unspecified atom stereocenters. The van der Waals surface area contributed by atoms with Gasteiger partial charge >= 0.3 is 0 Å². The van der Waals surface area contributed by atoms with Gasteiger partial charge in [-0.15, -0.1) is 0 Å². The maximum atomic E-state index is 12.1. The molecule has 1 rings (SSSR count). The first kappa shape index (κ1) is 15.2. The predicted octanol–water partition coefficient (Wildman–Crippen LogP) is 2.75. The van der Waals surface area contributed by atoms with E-state index >= 15 is 0 Å². The lowest BCUT2D eigenvalue weighted by atomic mass is 9.97. The molecule has 0 saturated heterocycles.